The number of aryl methyl sites for hydroxylation is 2. The highest BCUT2D eigenvalue weighted by molar-refractivity contribution is 6.01. The first-order valence-electron chi connectivity index (χ1n) is 21.9. The number of pyridine rings is 1. The molecule has 0 saturated carbocycles. The highest BCUT2D eigenvalue weighted by atomic mass is 19.1. The fourth-order valence-electron chi connectivity index (χ4n) is 9.38. The predicted octanol–water partition coefficient (Wildman–Crippen LogP) is 8.07. The summed E-state index contributed by atoms with van der Waals surface area (Å²) in [5.74, 6) is 0.225. The van der Waals surface area contributed by atoms with Gasteiger partial charge in [-0.15, -0.1) is 0 Å². The van der Waals surface area contributed by atoms with Crippen LogP contribution in [0.1, 0.15) is 77.5 Å². The van der Waals surface area contributed by atoms with E-state index >= 15 is 4.39 Å². The van der Waals surface area contributed by atoms with Crippen LogP contribution in [0, 0.1) is 11.7 Å². The second-order valence-corrected chi connectivity index (χ2v) is 17.8. The minimum absolute atomic E-state index is 0.0331. The molecule has 14 nitrogen and oxygen atoms in total. The summed E-state index contributed by atoms with van der Waals surface area (Å²) in [4.78, 5) is 45.2. The van der Waals surface area contributed by atoms with Crippen LogP contribution in [0.5, 0.6) is 11.8 Å². The summed E-state index contributed by atoms with van der Waals surface area (Å²) >= 11 is 0. The quantitative estimate of drug-likeness (QED) is 0.102. The van der Waals surface area contributed by atoms with Gasteiger partial charge in [0, 0.05) is 51.2 Å². The van der Waals surface area contributed by atoms with Crippen LogP contribution in [0.3, 0.4) is 0 Å². The summed E-state index contributed by atoms with van der Waals surface area (Å²) in [6.45, 7) is 12.1. The lowest BCUT2D eigenvalue weighted by atomic mass is 9.93. The maximum Gasteiger partial charge on any atom is 0.410 e. The molecule has 3 fully saturated rings. The van der Waals surface area contributed by atoms with Crippen molar-refractivity contribution >= 4 is 39.6 Å². The minimum atomic E-state index is -0.758. The lowest BCUT2D eigenvalue weighted by Gasteiger charge is -2.42. The number of methoxy groups -OCH3 is 1. The van der Waals surface area contributed by atoms with E-state index in [1.807, 2.05) is 74.3 Å². The molecule has 3 aliphatic rings. The Kier molecular flexibility index (Phi) is 12.8. The number of carboxylic acid groups (broad SMARTS) is 1. The number of hydrogen-bond acceptors (Lipinski definition) is 11. The van der Waals surface area contributed by atoms with Crippen molar-refractivity contribution in [3.05, 3.63) is 71.9 Å². The van der Waals surface area contributed by atoms with E-state index in [0.29, 0.717) is 48.1 Å². The molecule has 2 bridgehead atoms. The Morgan fingerprint density at radius 3 is 2.45 bits per heavy atom. The SMILES string of the molecule is CCc1cccc2cc(OCOC)cc(-c3ncc4c(N5CC6CC[C@@H](C5)N6C(=O)OC(C)(C)C)nc(OCc5cccn5CCC5CCN(CCC(=O)O)CC5)nc4c3F)c12. The molecule has 5 aromatic rings. The smallest absolute Gasteiger partial charge is 0.410 e. The number of nitrogens with zero attached hydrogens (tertiary/aromatic N) is 7. The van der Waals surface area contributed by atoms with Crippen LogP contribution < -0.4 is 14.4 Å². The van der Waals surface area contributed by atoms with Crippen molar-refractivity contribution in [3.63, 3.8) is 0 Å². The molecule has 15 heteroatoms. The van der Waals surface area contributed by atoms with Crippen LogP contribution in [-0.4, -0.2) is 111 Å². The van der Waals surface area contributed by atoms with Crippen LogP contribution in [0.2, 0.25) is 0 Å². The van der Waals surface area contributed by atoms with Crippen molar-refractivity contribution < 1.29 is 38.0 Å². The Hall–Kier alpha value is -5.54. The average Bonchev–Trinajstić information content (AvgIpc) is 3.82. The van der Waals surface area contributed by atoms with Gasteiger partial charge in [-0.05, 0) is 119 Å². The molecule has 8 rings (SSSR count). The van der Waals surface area contributed by atoms with E-state index in [-0.39, 0.29) is 55.2 Å². The molecule has 6 heterocycles. The second-order valence-electron chi connectivity index (χ2n) is 17.8. The fraction of sp³-hybridized carbons (Fsp3) is 0.511. The molecule has 3 aliphatic heterocycles. The second kappa shape index (κ2) is 18.4. The van der Waals surface area contributed by atoms with Gasteiger partial charge in [0.1, 0.15) is 35.0 Å². The number of piperidine rings is 1. The monoisotopic (exact) mass is 851 g/mol. The standard InChI is InChI=1S/C47H58FN7O7/c1-6-31-9-7-10-32-23-36(61-29-59-5)24-37(40(31)32)42-41(48)43-38(25-49-42)44(54-26-33-12-13-34(27-54)55(33)46(58)62-47(2,3)4)51-45(50-43)60-28-35-11-8-18-53(35)22-16-30-14-19-52(20-15-30)21-17-39(56)57/h7-11,18,23-25,30,33-34H,6,12-17,19-22,26-29H2,1-5H3,(H,56,57)/t33-,34?/m0/s1. The number of aliphatic carboxylic acids is 1. The number of amides is 1. The molecule has 0 spiro atoms. The molecular weight excluding hydrogens is 794 g/mol. The third-order valence-corrected chi connectivity index (χ3v) is 12.4. The molecule has 1 N–H and O–H groups in total. The number of anilines is 1. The number of ether oxygens (including phenoxy) is 4. The molecular formula is C47H58FN7O7. The molecule has 1 unspecified atom stereocenters. The topological polar surface area (TPSA) is 145 Å². The van der Waals surface area contributed by atoms with Crippen molar-refractivity contribution in [2.75, 3.05) is 51.5 Å². The number of halogens is 1. The van der Waals surface area contributed by atoms with E-state index in [9.17, 15) is 9.59 Å². The number of hydrogen-bond donors (Lipinski definition) is 1. The normalized spacial score (nSPS) is 18.5. The number of piperazine rings is 1. The van der Waals surface area contributed by atoms with Gasteiger partial charge in [0.15, 0.2) is 12.6 Å². The number of rotatable bonds is 15. The maximum absolute atomic E-state index is 17.5. The van der Waals surface area contributed by atoms with Gasteiger partial charge in [0.05, 0.1) is 29.6 Å². The van der Waals surface area contributed by atoms with E-state index in [1.165, 1.54) is 0 Å². The number of fused-ring (bicyclic) bond motifs is 4. The van der Waals surface area contributed by atoms with Gasteiger partial charge in [-0.25, -0.2) is 9.18 Å². The van der Waals surface area contributed by atoms with E-state index in [4.69, 9.17) is 39.0 Å². The summed E-state index contributed by atoms with van der Waals surface area (Å²) in [5, 5.41) is 11.3. The summed E-state index contributed by atoms with van der Waals surface area (Å²) < 4.78 is 43.0. The third-order valence-electron chi connectivity index (χ3n) is 12.4. The number of aromatic nitrogens is 4. The van der Waals surface area contributed by atoms with Crippen LogP contribution >= 0.6 is 0 Å². The first-order valence-corrected chi connectivity index (χ1v) is 21.9. The molecule has 3 saturated heterocycles. The van der Waals surface area contributed by atoms with Crippen molar-refractivity contribution in [1.82, 2.24) is 29.3 Å². The van der Waals surface area contributed by atoms with Crippen molar-refractivity contribution in [3.8, 4) is 23.0 Å². The zero-order chi connectivity index (χ0) is 43.5. The van der Waals surface area contributed by atoms with Gasteiger partial charge < -0.3 is 38.4 Å². The molecule has 2 aromatic carbocycles. The van der Waals surface area contributed by atoms with E-state index in [0.717, 1.165) is 80.2 Å². The Bertz CT molecular complexity index is 2400. The van der Waals surface area contributed by atoms with Crippen LogP contribution in [0.4, 0.5) is 15.0 Å². The number of carbonyl (C=O) groups excluding carboxylic acids is 1. The Morgan fingerprint density at radius 1 is 0.968 bits per heavy atom. The summed E-state index contributed by atoms with van der Waals surface area (Å²) in [7, 11) is 1.55. The van der Waals surface area contributed by atoms with Crippen molar-refractivity contribution in [2.45, 2.75) is 103 Å². The molecule has 2 atom stereocenters. The number of benzene rings is 2. The first-order chi connectivity index (χ1) is 29.9. The molecule has 3 aromatic heterocycles. The van der Waals surface area contributed by atoms with Crippen molar-refractivity contribution in [2.24, 2.45) is 5.92 Å². The molecule has 330 valence electrons. The lowest BCUT2D eigenvalue weighted by Crippen LogP contribution is -2.57. The first kappa shape index (κ1) is 43.1. The summed E-state index contributed by atoms with van der Waals surface area (Å²) in [5.41, 5.74) is 2.18. The van der Waals surface area contributed by atoms with Gasteiger partial charge in [-0.2, -0.15) is 9.97 Å². The van der Waals surface area contributed by atoms with Crippen LogP contribution in [0.25, 0.3) is 32.9 Å². The van der Waals surface area contributed by atoms with Gasteiger partial charge in [-0.1, -0.05) is 25.1 Å². The largest absolute Gasteiger partial charge is 0.481 e. The number of carboxylic acids is 1. The maximum atomic E-state index is 17.5. The van der Waals surface area contributed by atoms with Crippen molar-refractivity contribution in [1.29, 1.82) is 0 Å². The predicted molar refractivity (Wildman–Crippen MR) is 234 cm³/mol. The molecule has 62 heavy (non-hydrogen) atoms. The molecule has 1 amide bonds. The van der Waals surface area contributed by atoms with Gasteiger partial charge >= 0.3 is 18.1 Å². The van der Waals surface area contributed by atoms with E-state index in [1.54, 1.807) is 13.3 Å². The van der Waals surface area contributed by atoms with Gasteiger partial charge in [0.25, 0.3) is 0 Å². The number of likely N-dealkylation sites (tertiary alicyclic amines) is 1. The van der Waals surface area contributed by atoms with Gasteiger partial charge in [0.2, 0.25) is 0 Å². The zero-order valence-electron chi connectivity index (χ0n) is 36.4. The minimum Gasteiger partial charge on any atom is -0.481 e. The van der Waals surface area contributed by atoms with Crippen LogP contribution in [-0.2, 0) is 33.8 Å². The van der Waals surface area contributed by atoms with Gasteiger partial charge in [-0.3, -0.25) is 14.7 Å². The fourth-order valence-corrected chi connectivity index (χ4v) is 9.38. The Labute approximate surface area is 361 Å². The highest BCUT2D eigenvalue weighted by Crippen LogP contribution is 2.40. The molecule has 0 radical (unpaired) electrons. The third kappa shape index (κ3) is 9.43. The van der Waals surface area contributed by atoms with Crippen LogP contribution in [0.15, 0.2) is 54.9 Å². The number of carbonyl (C=O) groups is 2. The Morgan fingerprint density at radius 2 is 1.74 bits per heavy atom. The zero-order valence-corrected chi connectivity index (χ0v) is 36.4. The molecule has 0 aliphatic carbocycles. The average molecular weight is 852 g/mol. The summed E-state index contributed by atoms with van der Waals surface area (Å²) in [6.07, 6.45) is 8.99. The lowest BCUT2D eigenvalue weighted by molar-refractivity contribution is -0.137. The Balaban J connectivity index is 1.11. The summed E-state index contributed by atoms with van der Waals surface area (Å²) in [6, 6.07) is 13.6. The van der Waals surface area contributed by atoms with E-state index < -0.39 is 17.4 Å². The highest BCUT2D eigenvalue weighted by Gasteiger charge is 2.45. The van der Waals surface area contributed by atoms with E-state index in [2.05, 4.69) is 21.3 Å².